The Hall–Kier alpha value is -4.19. The van der Waals surface area contributed by atoms with Crippen LogP contribution in [-0.4, -0.2) is 26.8 Å². The van der Waals surface area contributed by atoms with Gasteiger partial charge in [0, 0.05) is 27.7 Å². The van der Waals surface area contributed by atoms with Gasteiger partial charge in [-0.3, -0.25) is 14.9 Å². The van der Waals surface area contributed by atoms with Gasteiger partial charge in [-0.2, -0.15) is 0 Å². The second-order valence-electron chi connectivity index (χ2n) is 7.39. The maximum atomic E-state index is 12.9. The molecule has 6 heteroatoms. The SMILES string of the molecule is O=C1NC(=O)c2c1c1c3ccccc3ccc1c1[nH]c3c4cccnc4[nH]c3c21. The van der Waals surface area contributed by atoms with Crippen LogP contribution in [0.3, 0.4) is 0 Å². The number of hydrogen-bond donors (Lipinski definition) is 3. The zero-order chi connectivity index (χ0) is 19.3. The van der Waals surface area contributed by atoms with Gasteiger partial charge in [-0.1, -0.05) is 36.4 Å². The van der Waals surface area contributed by atoms with E-state index in [1.807, 2.05) is 48.5 Å². The highest BCUT2D eigenvalue weighted by molar-refractivity contribution is 6.39. The van der Waals surface area contributed by atoms with Gasteiger partial charge < -0.3 is 9.97 Å². The number of carbonyl (C=O) groups excluding carboxylic acids is 2. The summed E-state index contributed by atoms with van der Waals surface area (Å²) in [4.78, 5) is 36.9. The second-order valence-corrected chi connectivity index (χ2v) is 7.39. The Morgan fingerprint density at radius 1 is 0.655 bits per heavy atom. The summed E-state index contributed by atoms with van der Waals surface area (Å²) in [5, 5.41) is 7.89. The smallest absolute Gasteiger partial charge is 0.259 e. The molecule has 1 aliphatic heterocycles. The van der Waals surface area contributed by atoms with Crippen molar-refractivity contribution in [1.82, 2.24) is 20.3 Å². The van der Waals surface area contributed by atoms with E-state index in [-0.39, 0.29) is 11.8 Å². The lowest BCUT2D eigenvalue weighted by Gasteiger charge is -2.09. The number of H-pyrrole nitrogens is 2. The van der Waals surface area contributed by atoms with Crippen LogP contribution in [-0.2, 0) is 0 Å². The molecule has 3 aromatic heterocycles. The third-order valence-electron chi connectivity index (χ3n) is 5.95. The first-order chi connectivity index (χ1) is 14.2. The van der Waals surface area contributed by atoms with Gasteiger partial charge in [-0.25, -0.2) is 4.98 Å². The number of hydrogen-bond acceptors (Lipinski definition) is 3. The molecule has 6 nitrogen and oxygen atoms in total. The first kappa shape index (κ1) is 14.8. The molecule has 0 spiro atoms. The number of nitrogens with one attached hydrogen (secondary N) is 3. The third kappa shape index (κ3) is 1.65. The molecule has 0 bridgehead atoms. The zero-order valence-electron chi connectivity index (χ0n) is 15.0. The van der Waals surface area contributed by atoms with Crippen LogP contribution >= 0.6 is 0 Å². The molecule has 0 fully saturated rings. The molecule has 0 atom stereocenters. The van der Waals surface area contributed by atoms with Gasteiger partial charge in [-0.05, 0) is 22.9 Å². The Labute approximate surface area is 162 Å². The fraction of sp³-hybridized carbons (Fsp3) is 0. The summed E-state index contributed by atoms with van der Waals surface area (Å²) in [5.74, 6) is -0.714. The van der Waals surface area contributed by atoms with Crippen molar-refractivity contribution in [2.75, 3.05) is 0 Å². The number of nitrogens with zero attached hydrogens (tertiary/aromatic N) is 1. The highest BCUT2D eigenvalue weighted by Crippen LogP contribution is 2.42. The first-order valence-electron chi connectivity index (χ1n) is 9.33. The van der Waals surface area contributed by atoms with Gasteiger partial charge in [0.25, 0.3) is 11.8 Å². The van der Waals surface area contributed by atoms with Crippen LogP contribution in [0.5, 0.6) is 0 Å². The summed E-state index contributed by atoms with van der Waals surface area (Å²) >= 11 is 0. The van der Waals surface area contributed by atoms with Crippen LogP contribution < -0.4 is 5.32 Å². The molecule has 29 heavy (non-hydrogen) atoms. The summed E-state index contributed by atoms with van der Waals surface area (Å²) < 4.78 is 0. The average Bonchev–Trinajstić information content (AvgIpc) is 3.37. The molecule has 3 aromatic carbocycles. The average molecular weight is 376 g/mol. The van der Waals surface area contributed by atoms with Crippen molar-refractivity contribution in [3.63, 3.8) is 0 Å². The summed E-state index contributed by atoms with van der Waals surface area (Å²) in [6.45, 7) is 0. The molecule has 1 aliphatic rings. The minimum Gasteiger partial charge on any atom is -0.352 e. The first-order valence-corrected chi connectivity index (χ1v) is 9.33. The second kappa shape index (κ2) is 4.80. The standard InChI is InChI=1S/C23H12N4O2/c28-22-15-14-11-5-2-1-4-10(11)7-8-12(14)18-17(16(15)23(29)27-22)20-19(25-18)13-6-3-9-24-21(13)26-20/h1-9,25H,(H,24,26)(H,27,28,29). The predicted octanol–water partition coefficient (Wildman–Crippen LogP) is 4.39. The summed E-state index contributed by atoms with van der Waals surface area (Å²) in [5.41, 5.74) is 4.14. The third-order valence-corrected chi connectivity index (χ3v) is 5.95. The summed E-state index contributed by atoms with van der Waals surface area (Å²) in [6, 6.07) is 15.9. The number of aromatic amines is 2. The van der Waals surface area contributed by atoms with Crippen LogP contribution in [0.15, 0.2) is 54.7 Å². The molecule has 3 N–H and O–H groups in total. The van der Waals surface area contributed by atoms with Gasteiger partial charge in [0.1, 0.15) is 5.65 Å². The van der Waals surface area contributed by atoms with Crippen molar-refractivity contribution in [2.45, 2.75) is 0 Å². The number of pyridine rings is 1. The Bertz CT molecular complexity index is 1720. The molecule has 7 rings (SSSR count). The Morgan fingerprint density at radius 3 is 2.34 bits per heavy atom. The van der Waals surface area contributed by atoms with Crippen molar-refractivity contribution in [3.05, 3.63) is 65.9 Å². The molecule has 4 heterocycles. The molecule has 2 amide bonds. The molecular weight excluding hydrogens is 364 g/mol. The molecule has 6 aromatic rings. The molecule has 136 valence electrons. The van der Waals surface area contributed by atoms with Crippen LogP contribution in [0.4, 0.5) is 0 Å². The number of aromatic nitrogens is 3. The van der Waals surface area contributed by atoms with Crippen molar-refractivity contribution in [2.24, 2.45) is 0 Å². The molecule has 0 unspecified atom stereocenters. The fourth-order valence-electron chi connectivity index (χ4n) is 4.79. The van der Waals surface area contributed by atoms with Crippen LogP contribution in [0.25, 0.3) is 54.5 Å². The van der Waals surface area contributed by atoms with E-state index in [1.165, 1.54) is 0 Å². The van der Waals surface area contributed by atoms with E-state index in [0.29, 0.717) is 11.1 Å². The molecule has 0 radical (unpaired) electrons. The number of rotatable bonds is 0. The summed E-state index contributed by atoms with van der Waals surface area (Å²) in [7, 11) is 0. The fourth-order valence-corrected chi connectivity index (χ4v) is 4.79. The Balaban J connectivity index is 1.84. The minimum atomic E-state index is -0.364. The number of carbonyl (C=O) groups is 2. The molecule has 0 aliphatic carbocycles. The van der Waals surface area contributed by atoms with Gasteiger partial charge >= 0.3 is 0 Å². The van der Waals surface area contributed by atoms with Crippen LogP contribution in [0.2, 0.25) is 0 Å². The van der Waals surface area contributed by atoms with Gasteiger partial charge in [-0.15, -0.1) is 0 Å². The molecule has 0 saturated carbocycles. The molecule has 0 saturated heterocycles. The van der Waals surface area contributed by atoms with Gasteiger partial charge in [0.05, 0.1) is 27.7 Å². The van der Waals surface area contributed by atoms with Gasteiger partial charge in [0.15, 0.2) is 0 Å². The van der Waals surface area contributed by atoms with E-state index in [2.05, 4.69) is 20.3 Å². The molecular formula is C23H12N4O2. The zero-order valence-corrected chi connectivity index (χ0v) is 15.0. The minimum absolute atomic E-state index is 0.350. The van der Waals surface area contributed by atoms with Crippen LogP contribution in [0.1, 0.15) is 20.7 Å². The van der Waals surface area contributed by atoms with E-state index in [1.54, 1.807) is 6.20 Å². The van der Waals surface area contributed by atoms with E-state index in [9.17, 15) is 9.59 Å². The maximum absolute atomic E-state index is 12.9. The maximum Gasteiger partial charge on any atom is 0.259 e. The topological polar surface area (TPSA) is 90.6 Å². The lowest BCUT2D eigenvalue weighted by Crippen LogP contribution is -2.20. The number of amides is 2. The number of imide groups is 1. The number of benzene rings is 3. The van der Waals surface area contributed by atoms with E-state index in [0.717, 1.165) is 54.5 Å². The predicted molar refractivity (Wildman–Crippen MR) is 112 cm³/mol. The van der Waals surface area contributed by atoms with Crippen LogP contribution in [0, 0.1) is 0 Å². The van der Waals surface area contributed by atoms with Crippen molar-refractivity contribution >= 4 is 66.3 Å². The number of fused-ring (bicyclic) bond motifs is 12. The highest BCUT2D eigenvalue weighted by Gasteiger charge is 2.34. The monoisotopic (exact) mass is 376 g/mol. The van der Waals surface area contributed by atoms with Crippen molar-refractivity contribution < 1.29 is 9.59 Å². The Kier molecular flexibility index (Phi) is 2.45. The van der Waals surface area contributed by atoms with E-state index in [4.69, 9.17) is 0 Å². The quantitative estimate of drug-likeness (QED) is 0.271. The largest absolute Gasteiger partial charge is 0.352 e. The normalized spacial score (nSPS) is 13.9. The Morgan fingerprint density at radius 2 is 1.45 bits per heavy atom. The summed E-state index contributed by atoms with van der Waals surface area (Å²) in [6.07, 6.45) is 1.72. The van der Waals surface area contributed by atoms with E-state index < -0.39 is 0 Å². The van der Waals surface area contributed by atoms with E-state index >= 15 is 0 Å². The van der Waals surface area contributed by atoms with Crippen molar-refractivity contribution in [1.29, 1.82) is 0 Å². The lowest BCUT2D eigenvalue weighted by molar-refractivity contribution is 0.0880. The van der Waals surface area contributed by atoms with Crippen molar-refractivity contribution in [3.8, 4) is 0 Å². The van der Waals surface area contributed by atoms with Gasteiger partial charge in [0.2, 0.25) is 0 Å². The lowest BCUT2D eigenvalue weighted by atomic mass is 9.92. The highest BCUT2D eigenvalue weighted by atomic mass is 16.2.